The molecule has 3 atom stereocenters. The normalized spacial score (nSPS) is 18.7. The lowest BCUT2D eigenvalue weighted by molar-refractivity contribution is -0.141. The molecular weight excluding hydrogens is 492 g/mol. The van der Waals surface area contributed by atoms with Crippen LogP contribution in [0.25, 0.3) is 11.4 Å². The van der Waals surface area contributed by atoms with E-state index in [0.29, 0.717) is 30.7 Å². The summed E-state index contributed by atoms with van der Waals surface area (Å²) in [6.45, 7) is 13.1. The molecule has 9 heteroatoms. The maximum Gasteiger partial charge on any atom is 0.330 e. The third-order valence-corrected chi connectivity index (χ3v) is 7.50. The number of piperazine rings is 1. The fraction of sp³-hybridized carbons (Fsp3) is 0.467. The molecule has 0 spiro atoms. The number of hydrogen-bond acceptors (Lipinski definition) is 7. The first-order chi connectivity index (χ1) is 18.8. The number of unbranched alkanes of at least 4 members (excludes halogenated alkanes) is 2. The second-order valence-electron chi connectivity index (χ2n) is 10.6. The van der Waals surface area contributed by atoms with Crippen molar-refractivity contribution in [3.05, 3.63) is 66.2 Å². The average molecular weight is 533 g/mol. The fourth-order valence-corrected chi connectivity index (χ4v) is 5.41. The summed E-state index contributed by atoms with van der Waals surface area (Å²) in [4.78, 5) is 17.9. The molecule has 1 saturated heterocycles. The topological polar surface area (TPSA) is 108 Å². The van der Waals surface area contributed by atoms with Crippen LogP contribution in [-0.2, 0) is 11.2 Å². The second-order valence-corrected chi connectivity index (χ2v) is 10.6. The number of phenols is 1. The number of aromatic nitrogens is 4. The summed E-state index contributed by atoms with van der Waals surface area (Å²) in [6.07, 6.45) is 5.74. The predicted octanol–water partition coefficient (Wildman–Crippen LogP) is 4.93. The molecule has 2 N–H and O–H groups in total. The smallest absolute Gasteiger partial charge is 0.330 e. The standard InChI is InChI=1S/C30H40N6O3/c1-5-7-8-13-28(30(38)39)36-32-29(31-33-36)27-12-10-9-11-24(27)15-23-16-25(18-26(37)17-23)35-20-21(3)34(14-6-2)19-22(35)4/h6,9-12,16-18,21-22,28,37H,2,5,7-8,13-15,19-20H2,1,3-4H3,(H,38,39)/t21-,22+,28-/m1/s1. The van der Waals surface area contributed by atoms with E-state index in [1.165, 1.54) is 4.80 Å². The molecule has 2 heterocycles. The molecular formula is C30H40N6O3. The van der Waals surface area contributed by atoms with Crippen LogP contribution in [-0.4, -0.2) is 73.0 Å². The zero-order valence-electron chi connectivity index (χ0n) is 23.2. The summed E-state index contributed by atoms with van der Waals surface area (Å²) >= 11 is 0. The van der Waals surface area contributed by atoms with E-state index in [4.69, 9.17) is 0 Å². The number of anilines is 1. The molecule has 3 aromatic rings. The van der Waals surface area contributed by atoms with Crippen LogP contribution >= 0.6 is 0 Å². The van der Waals surface area contributed by atoms with Gasteiger partial charge < -0.3 is 15.1 Å². The maximum atomic E-state index is 11.9. The lowest BCUT2D eigenvalue weighted by Crippen LogP contribution is -2.56. The highest BCUT2D eigenvalue weighted by molar-refractivity contribution is 5.71. The Kier molecular flexibility index (Phi) is 9.35. The summed E-state index contributed by atoms with van der Waals surface area (Å²) in [7, 11) is 0. The summed E-state index contributed by atoms with van der Waals surface area (Å²) in [5.74, 6) is -0.327. The van der Waals surface area contributed by atoms with Gasteiger partial charge in [-0.2, -0.15) is 0 Å². The molecule has 1 aliphatic heterocycles. The van der Waals surface area contributed by atoms with Crippen LogP contribution < -0.4 is 4.90 Å². The van der Waals surface area contributed by atoms with Crippen molar-refractivity contribution in [2.75, 3.05) is 24.5 Å². The van der Waals surface area contributed by atoms with Gasteiger partial charge in [-0.25, -0.2) is 4.79 Å². The monoisotopic (exact) mass is 532 g/mol. The van der Waals surface area contributed by atoms with Gasteiger partial charge in [0.05, 0.1) is 0 Å². The molecule has 39 heavy (non-hydrogen) atoms. The summed E-state index contributed by atoms with van der Waals surface area (Å²) < 4.78 is 0. The number of benzene rings is 2. The SMILES string of the molecule is C=CCN1C[C@H](C)N(c2cc(O)cc(Cc3ccccc3-c3nnn([C@H](CCCCC)C(=O)O)n3)c2)C[C@H]1C. The average Bonchev–Trinajstić information content (AvgIpc) is 3.38. The van der Waals surface area contributed by atoms with Gasteiger partial charge in [-0.1, -0.05) is 56.5 Å². The van der Waals surface area contributed by atoms with Crippen LogP contribution in [0.5, 0.6) is 5.75 Å². The quantitative estimate of drug-likeness (QED) is 0.250. The Balaban J connectivity index is 1.57. The van der Waals surface area contributed by atoms with Gasteiger partial charge in [0.25, 0.3) is 0 Å². The highest BCUT2D eigenvalue weighted by Crippen LogP contribution is 2.31. The molecule has 0 radical (unpaired) electrons. The Morgan fingerprint density at radius 1 is 1.15 bits per heavy atom. The molecule has 4 rings (SSSR count). The third-order valence-electron chi connectivity index (χ3n) is 7.50. The van der Waals surface area contributed by atoms with Crippen molar-refractivity contribution in [1.82, 2.24) is 25.1 Å². The van der Waals surface area contributed by atoms with Gasteiger partial charge in [0, 0.05) is 49.0 Å². The molecule has 1 aliphatic rings. The Morgan fingerprint density at radius 2 is 1.95 bits per heavy atom. The van der Waals surface area contributed by atoms with Crippen LogP contribution in [0, 0.1) is 0 Å². The fourth-order valence-electron chi connectivity index (χ4n) is 5.41. The zero-order chi connectivity index (χ0) is 27.9. The van der Waals surface area contributed by atoms with Crippen LogP contribution in [0.3, 0.4) is 0 Å². The minimum absolute atomic E-state index is 0.230. The largest absolute Gasteiger partial charge is 0.508 e. The van der Waals surface area contributed by atoms with E-state index in [1.807, 2.05) is 36.4 Å². The molecule has 0 bridgehead atoms. The maximum absolute atomic E-state index is 11.9. The number of tetrazole rings is 1. The number of carboxylic acids is 1. The molecule has 1 aromatic heterocycles. The van der Waals surface area contributed by atoms with Gasteiger partial charge >= 0.3 is 5.97 Å². The van der Waals surface area contributed by atoms with Crippen LogP contribution in [0.2, 0.25) is 0 Å². The lowest BCUT2D eigenvalue weighted by atomic mass is 9.98. The number of phenolic OH excluding ortho intramolecular Hbond substituents is 1. The van der Waals surface area contributed by atoms with Crippen molar-refractivity contribution in [3.8, 4) is 17.1 Å². The van der Waals surface area contributed by atoms with Gasteiger partial charge in [0.1, 0.15) is 5.75 Å². The molecule has 0 unspecified atom stereocenters. The molecule has 0 saturated carbocycles. The van der Waals surface area contributed by atoms with E-state index in [1.54, 1.807) is 6.07 Å². The molecule has 0 amide bonds. The van der Waals surface area contributed by atoms with Crippen molar-refractivity contribution in [2.45, 2.75) is 71.0 Å². The summed E-state index contributed by atoms with van der Waals surface area (Å²) in [5, 5.41) is 33.2. The predicted molar refractivity (Wildman–Crippen MR) is 153 cm³/mol. The van der Waals surface area contributed by atoms with Crippen molar-refractivity contribution < 1.29 is 15.0 Å². The second kappa shape index (κ2) is 12.9. The van der Waals surface area contributed by atoms with Gasteiger partial charge in [-0.15, -0.1) is 21.6 Å². The van der Waals surface area contributed by atoms with Crippen LogP contribution in [0.4, 0.5) is 5.69 Å². The minimum Gasteiger partial charge on any atom is -0.508 e. The van der Waals surface area contributed by atoms with Gasteiger partial charge in [-0.05, 0) is 55.2 Å². The lowest BCUT2D eigenvalue weighted by Gasteiger charge is -2.45. The molecule has 1 fully saturated rings. The first kappa shape index (κ1) is 28.3. The van der Waals surface area contributed by atoms with Crippen molar-refractivity contribution >= 4 is 11.7 Å². The van der Waals surface area contributed by atoms with E-state index >= 15 is 0 Å². The number of aromatic hydroxyl groups is 1. The number of nitrogens with zero attached hydrogens (tertiary/aromatic N) is 6. The number of carbonyl (C=O) groups is 1. The summed E-state index contributed by atoms with van der Waals surface area (Å²) in [5.41, 5.74) is 3.75. The number of rotatable bonds is 12. The first-order valence-electron chi connectivity index (χ1n) is 13.9. The number of hydrogen-bond donors (Lipinski definition) is 2. The van der Waals surface area contributed by atoms with E-state index in [0.717, 1.165) is 61.3 Å². The van der Waals surface area contributed by atoms with Gasteiger partial charge in [-0.3, -0.25) is 4.90 Å². The molecule has 0 aliphatic carbocycles. The van der Waals surface area contributed by atoms with Crippen LogP contribution in [0.15, 0.2) is 55.1 Å². The molecule has 208 valence electrons. The molecule has 2 aromatic carbocycles. The van der Waals surface area contributed by atoms with Crippen molar-refractivity contribution in [3.63, 3.8) is 0 Å². The summed E-state index contributed by atoms with van der Waals surface area (Å²) in [6, 6.07) is 13.4. The van der Waals surface area contributed by atoms with E-state index < -0.39 is 12.0 Å². The van der Waals surface area contributed by atoms with E-state index in [9.17, 15) is 15.0 Å². The van der Waals surface area contributed by atoms with Gasteiger partial charge in [0.15, 0.2) is 6.04 Å². The first-order valence-corrected chi connectivity index (χ1v) is 13.9. The minimum atomic E-state index is -0.954. The molecule has 9 nitrogen and oxygen atoms in total. The Morgan fingerprint density at radius 3 is 2.69 bits per heavy atom. The highest BCUT2D eigenvalue weighted by atomic mass is 16.4. The zero-order valence-corrected chi connectivity index (χ0v) is 23.2. The van der Waals surface area contributed by atoms with E-state index in [-0.39, 0.29) is 5.75 Å². The Bertz CT molecular complexity index is 1280. The van der Waals surface area contributed by atoms with E-state index in [2.05, 4.69) is 58.6 Å². The van der Waals surface area contributed by atoms with Crippen LogP contribution in [0.1, 0.15) is 63.6 Å². The number of carboxylic acid groups (broad SMARTS) is 1. The third kappa shape index (κ3) is 6.84. The Hall–Kier alpha value is -3.72. The van der Waals surface area contributed by atoms with Gasteiger partial charge in [0.2, 0.25) is 5.82 Å². The van der Waals surface area contributed by atoms with Crippen molar-refractivity contribution in [2.24, 2.45) is 0 Å². The Labute approximate surface area is 230 Å². The number of aliphatic carboxylic acids is 1. The highest BCUT2D eigenvalue weighted by Gasteiger charge is 2.29. The van der Waals surface area contributed by atoms with Crippen molar-refractivity contribution in [1.29, 1.82) is 0 Å².